The number of aromatic nitrogens is 2. The molecule has 0 fully saturated rings. The Balaban J connectivity index is 1.71. The van der Waals surface area contributed by atoms with Crippen molar-refractivity contribution in [3.8, 4) is 23.0 Å². The molecule has 3 aromatic rings. The predicted molar refractivity (Wildman–Crippen MR) is 90.9 cm³/mol. The molecule has 5 heteroatoms. The maximum Gasteiger partial charge on any atom is 0.169 e. The van der Waals surface area contributed by atoms with E-state index in [-0.39, 0.29) is 0 Å². The second kappa shape index (κ2) is 7.46. The highest BCUT2D eigenvalue weighted by Crippen LogP contribution is 2.30. The van der Waals surface area contributed by atoms with Crippen LogP contribution in [0.5, 0.6) is 23.0 Å². The molecular weight excluding hydrogens is 304 g/mol. The number of methoxy groups -OCH3 is 2. The average molecular weight is 322 g/mol. The standard InChI is InChI=1S/C19H18N2O3/c1-22-15-7-5-6-14(10-15)11-19-20-12-16(13-21-19)24-18-9-4-3-8-17(18)23-2/h3-10,12-13H,11H2,1-2H3. The summed E-state index contributed by atoms with van der Waals surface area (Å²) in [5.41, 5.74) is 1.09. The van der Waals surface area contributed by atoms with E-state index in [9.17, 15) is 0 Å². The van der Waals surface area contributed by atoms with E-state index < -0.39 is 0 Å². The molecule has 1 aromatic heterocycles. The molecule has 122 valence electrons. The van der Waals surface area contributed by atoms with Gasteiger partial charge in [-0.3, -0.25) is 0 Å². The lowest BCUT2D eigenvalue weighted by Crippen LogP contribution is -1.98. The van der Waals surface area contributed by atoms with Gasteiger partial charge in [0, 0.05) is 6.42 Å². The van der Waals surface area contributed by atoms with Crippen molar-refractivity contribution < 1.29 is 14.2 Å². The summed E-state index contributed by atoms with van der Waals surface area (Å²) in [7, 11) is 3.26. The summed E-state index contributed by atoms with van der Waals surface area (Å²) >= 11 is 0. The second-order valence-electron chi connectivity index (χ2n) is 5.12. The van der Waals surface area contributed by atoms with Crippen molar-refractivity contribution in [1.82, 2.24) is 9.97 Å². The van der Waals surface area contributed by atoms with E-state index in [2.05, 4.69) is 9.97 Å². The van der Waals surface area contributed by atoms with E-state index in [0.717, 1.165) is 17.1 Å². The van der Waals surface area contributed by atoms with Gasteiger partial charge in [0.2, 0.25) is 0 Å². The maximum absolute atomic E-state index is 5.77. The minimum Gasteiger partial charge on any atom is -0.497 e. The predicted octanol–water partition coefficient (Wildman–Crippen LogP) is 3.88. The van der Waals surface area contributed by atoms with Gasteiger partial charge >= 0.3 is 0 Å². The van der Waals surface area contributed by atoms with Gasteiger partial charge in [0.1, 0.15) is 11.6 Å². The van der Waals surface area contributed by atoms with Crippen LogP contribution in [0.1, 0.15) is 11.4 Å². The van der Waals surface area contributed by atoms with Gasteiger partial charge in [-0.05, 0) is 29.8 Å². The van der Waals surface area contributed by atoms with Crippen molar-refractivity contribution in [3.05, 3.63) is 72.3 Å². The van der Waals surface area contributed by atoms with Crippen molar-refractivity contribution >= 4 is 0 Å². The highest BCUT2D eigenvalue weighted by atomic mass is 16.5. The maximum atomic E-state index is 5.77. The quantitative estimate of drug-likeness (QED) is 0.689. The highest BCUT2D eigenvalue weighted by molar-refractivity contribution is 5.42. The minimum atomic E-state index is 0.564. The van der Waals surface area contributed by atoms with Crippen molar-refractivity contribution in [2.45, 2.75) is 6.42 Å². The third kappa shape index (κ3) is 3.81. The molecule has 3 rings (SSSR count). The normalized spacial score (nSPS) is 10.2. The molecule has 0 N–H and O–H groups in total. The Morgan fingerprint density at radius 3 is 2.25 bits per heavy atom. The molecular formula is C19H18N2O3. The van der Waals surface area contributed by atoms with Crippen molar-refractivity contribution in [3.63, 3.8) is 0 Å². The van der Waals surface area contributed by atoms with Crippen LogP contribution in [-0.2, 0) is 6.42 Å². The van der Waals surface area contributed by atoms with Crippen molar-refractivity contribution in [1.29, 1.82) is 0 Å². The topological polar surface area (TPSA) is 53.5 Å². The Hall–Kier alpha value is -3.08. The van der Waals surface area contributed by atoms with Crippen LogP contribution in [0.2, 0.25) is 0 Å². The molecule has 0 amide bonds. The fourth-order valence-electron chi connectivity index (χ4n) is 2.28. The third-order valence-electron chi connectivity index (χ3n) is 3.47. The molecule has 0 aliphatic rings. The molecule has 24 heavy (non-hydrogen) atoms. The Morgan fingerprint density at radius 1 is 0.792 bits per heavy atom. The van der Waals surface area contributed by atoms with E-state index in [1.54, 1.807) is 26.6 Å². The zero-order valence-corrected chi connectivity index (χ0v) is 13.6. The van der Waals surface area contributed by atoms with Crippen LogP contribution in [0.4, 0.5) is 0 Å². The number of ether oxygens (including phenoxy) is 3. The van der Waals surface area contributed by atoms with Gasteiger partial charge in [0.15, 0.2) is 17.2 Å². The van der Waals surface area contributed by atoms with E-state index >= 15 is 0 Å². The van der Waals surface area contributed by atoms with Crippen LogP contribution < -0.4 is 14.2 Å². The first-order valence-electron chi connectivity index (χ1n) is 7.53. The lowest BCUT2D eigenvalue weighted by atomic mass is 10.1. The molecule has 0 aliphatic heterocycles. The number of para-hydroxylation sites is 2. The van der Waals surface area contributed by atoms with E-state index in [1.165, 1.54) is 0 Å². The smallest absolute Gasteiger partial charge is 0.169 e. The molecule has 0 aliphatic carbocycles. The number of hydrogen-bond donors (Lipinski definition) is 0. The van der Waals surface area contributed by atoms with Gasteiger partial charge < -0.3 is 14.2 Å². The molecule has 0 saturated carbocycles. The Bertz CT molecular complexity index is 804. The van der Waals surface area contributed by atoms with Gasteiger partial charge in [-0.2, -0.15) is 0 Å². The van der Waals surface area contributed by atoms with Crippen LogP contribution in [0, 0.1) is 0 Å². The van der Waals surface area contributed by atoms with Crippen LogP contribution in [-0.4, -0.2) is 24.2 Å². The first-order valence-corrected chi connectivity index (χ1v) is 7.53. The summed E-state index contributed by atoms with van der Waals surface area (Å²) in [6.45, 7) is 0. The summed E-state index contributed by atoms with van der Waals surface area (Å²) in [5.74, 6) is 3.40. The van der Waals surface area contributed by atoms with Crippen LogP contribution >= 0.6 is 0 Å². The molecule has 0 atom stereocenters. The largest absolute Gasteiger partial charge is 0.497 e. The molecule has 2 aromatic carbocycles. The van der Waals surface area contributed by atoms with Gasteiger partial charge in [0.05, 0.1) is 26.6 Å². The van der Waals surface area contributed by atoms with Crippen LogP contribution in [0.25, 0.3) is 0 Å². The third-order valence-corrected chi connectivity index (χ3v) is 3.47. The first-order chi connectivity index (χ1) is 11.8. The zero-order valence-electron chi connectivity index (χ0n) is 13.6. The van der Waals surface area contributed by atoms with E-state index in [4.69, 9.17) is 14.2 Å². The van der Waals surface area contributed by atoms with Gasteiger partial charge in [0.25, 0.3) is 0 Å². The number of hydrogen-bond acceptors (Lipinski definition) is 5. The second-order valence-corrected chi connectivity index (χ2v) is 5.12. The minimum absolute atomic E-state index is 0.564. The van der Waals surface area contributed by atoms with Gasteiger partial charge in [-0.15, -0.1) is 0 Å². The molecule has 0 bridgehead atoms. The molecule has 0 radical (unpaired) electrons. The SMILES string of the molecule is COc1cccc(Cc2ncc(Oc3ccccc3OC)cn2)c1. The summed E-state index contributed by atoms with van der Waals surface area (Å²) in [5, 5.41) is 0. The van der Waals surface area contributed by atoms with Crippen molar-refractivity contribution in [2.24, 2.45) is 0 Å². The molecule has 5 nitrogen and oxygen atoms in total. The molecule has 0 unspecified atom stereocenters. The lowest BCUT2D eigenvalue weighted by molar-refractivity contribution is 0.377. The fraction of sp³-hybridized carbons (Fsp3) is 0.158. The fourth-order valence-corrected chi connectivity index (χ4v) is 2.28. The summed E-state index contributed by atoms with van der Waals surface area (Å²) in [4.78, 5) is 8.73. The Labute approximate surface area is 140 Å². The van der Waals surface area contributed by atoms with Gasteiger partial charge in [-0.25, -0.2) is 9.97 Å². The summed E-state index contributed by atoms with van der Waals surface area (Å²) in [6, 6.07) is 15.3. The highest BCUT2D eigenvalue weighted by Gasteiger charge is 2.06. The number of rotatable bonds is 6. The Morgan fingerprint density at radius 2 is 1.54 bits per heavy atom. The zero-order chi connectivity index (χ0) is 16.8. The van der Waals surface area contributed by atoms with Gasteiger partial charge in [-0.1, -0.05) is 24.3 Å². The van der Waals surface area contributed by atoms with E-state index in [0.29, 0.717) is 23.7 Å². The first kappa shape index (κ1) is 15.8. The Kier molecular flexibility index (Phi) is 4.91. The summed E-state index contributed by atoms with van der Waals surface area (Å²) < 4.78 is 16.3. The van der Waals surface area contributed by atoms with E-state index in [1.807, 2.05) is 48.5 Å². The summed E-state index contributed by atoms with van der Waals surface area (Å²) in [6.07, 6.45) is 3.95. The lowest BCUT2D eigenvalue weighted by Gasteiger charge is -2.09. The number of benzene rings is 2. The van der Waals surface area contributed by atoms with Crippen LogP contribution in [0.15, 0.2) is 60.9 Å². The van der Waals surface area contributed by atoms with Crippen molar-refractivity contribution in [2.75, 3.05) is 14.2 Å². The molecule has 0 spiro atoms. The monoisotopic (exact) mass is 322 g/mol. The average Bonchev–Trinajstić information content (AvgIpc) is 2.64. The number of nitrogens with zero attached hydrogens (tertiary/aromatic N) is 2. The van der Waals surface area contributed by atoms with Crippen LogP contribution in [0.3, 0.4) is 0 Å². The molecule has 1 heterocycles. The molecule has 0 saturated heterocycles.